The lowest BCUT2D eigenvalue weighted by molar-refractivity contribution is -0.384. The first-order valence-corrected chi connectivity index (χ1v) is 6.52. The number of pyridine rings is 1. The topological polar surface area (TPSA) is 106 Å². The van der Waals surface area contributed by atoms with Gasteiger partial charge in [-0.15, -0.1) is 0 Å². The zero-order valence-electron chi connectivity index (χ0n) is 9.93. The number of nitro groups is 1. The third kappa shape index (κ3) is 3.35. The van der Waals surface area contributed by atoms with Gasteiger partial charge in [0.25, 0.3) is 5.69 Å². The van der Waals surface area contributed by atoms with Crippen molar-refractivity contribution < 1.29 is 4.92 Å². The fourth-order valence-corrected chi connectivity index (χ4v) is 2.01. The van der Waals surface area contributed by atoms with E-state index in [1.165, 1.54) is 12.1 Å². The number of hydrogen-bond acceptors (Lipinski definition) is 6. The molecule has 104 valence electrons. The third-order valence-electron chi connectivity index (χ3n) is 2.36. The predicted molar refractivity (Wildman–Crippen MR) is 81.1 cm³/mol. The largest absolute Gasteiger partial charge is 0.339 e. The monoisotopic (exact) mass is 357 g/mol. The molecule has 0 saturated carbocycles. The Hall–Kier alpha value is -1.90. The maximum atomic E-state index is 10.8. The van der Waals surface area contributed by atoms with E-state index in [2.05, 4.69) is 31.7 Å². The summed E-state index contributed by atoms with van der Waals surface area (Å²) in [5, 5.41) is 14.3. The van der Waals surface area contributed by atoms with Gasteiger partial charge < -0.3 is 10.7 Å². The molecule has 20 heavy (non-hydrogen) atoms. The normalized spacial score (nSPS) is 10.2. The molecular formula is C11H9BrClN5O2. The standard InChI is InChI=1S/C11H9BrClN5O2/c12-8-2-1-6(13)3-9(8)15-10-4-7(18(19)20)5-11(16-10)17-14/h1-5H,14H2,(H2,15,16,17). The molecule has 2 rings (SSSR count). The van der Waals surface area contributed by atoms with Crippen LogP contribution in [-0.2, 0) is 0 Å². The molecule has 0 aliphatic rings. The molecular weight excluding hydrogens is 350 g/mol. The minimum Gasteiger partial charge on any atom is -0.339 e. The maximum Gasteiger partial charge on any atom is 0.276 e. The molecule has 0 bridgehead atoms. The van der Waals surface area contributed by atoms with Crippen molar-refractivity contribution in [2.75, 3.05) is 10.7 Å². The fraction of sp³-hybridized carbons (Fsp3) is 0. The number of benzene rings is 1. The van der Waals surface area contributed by atoms with Gasteiger partial charge in [-0.1, -0.05) is 11.6 Å². The number of aromatic nitrogens is 1. The number of halogens is 2. The van der Waals surface area contributed by atoms with Gasteiger partial charge in [0.05, 0.1) is 22.7 Å². The first kappa shape index (κ1) is 14.5. The van der Waals surface area contributed by atoms with Crippen LogP contribution in [0.2, 0.25) is 5.02 Å². The second-order valence-electron chi connectivity index (χ2n) is 3.75. The first-order valence-electron chi connectivity index (χ1n) is 5.35. The lowest BCUT2D eigenvalue weighted by Gasteiger charge is -2.09. The summed E-state index contributed by atoms with van der Waals surface area (Å²) in [5.41, 5.74) is 2.78. The highest BCUT2D eigenvalue weighted by atomic mass is 79.9. The van der Waals surface area contributed by atoms with Crippen LogP contribution in [0.1, 0.15) is 0 Å². The molecule has 0 aliphatic heterocycles. The smallest absolute Gasteiger partial charge is 0.276 e. The molecule has 4 N–H and O–H groups in total. The molecule has 0 spiro atoms. The minimum atomic E-state index is -0.527. The van der Waals surface area contributed by atoms with Gasteiger partial charge in [0.2, 0.25) is 0 Å². The van der Waals surface area contributed by atoms with E-state index in [9.17, 15) is 10.1 Å². The quantitative estimate of drug-likeness (QED) is 0.439. The van der Waals surface area contributed by atoms with Crippen LogP contribution in [0.25, 0.3) is 0 Å². The minimum absolute atomic E-state index is 0.131. The van der Waals surface area contributed by atoms with E-state index in [0.717, 1.165) is 4.47 Å². The van der Waals surface area contributed by atoms with E-state index in [1.54, 1.807) is 18.2 Å². The Labute approximate surface area is 127 Å². The second kappa shape index (κ2) is 6.04. The average molecular weight is 359 g/mol. The van der Waals surface area contributed by atoms with E-state index in [4.69, 9.17) is 17.4 Å². The van der Waals surface area contributed by atoms with Gasteiger partial charge in [0.1, 0.15) is 11.6 Å². The summed E-state index contributed by atoms with van der Waals surface area (Å²) in [5.74, 6) is 5.70. The Morgan fingerprint density at radius 1 is 1.30 bits per heavy atom. The fourth-order valence-electron chi connectivity index (χ4n) is 1.49. The molecule has 1 aromatic carbocycles. The van der Waals surface area contributed by atoms with Gasteiger partial charge in [-0.2, -0.15) is 0 Å². The summed E-state index contributed by atoms with van der Waals surface area (Å²) in [7, 11) is 0. The van der Waals surface area contributed by atoms with Gasteiger partial charge in [-0.3, -0.25) is 10.1 Å². The zero-order chi connectivity index (χ0) is 14.7. The summed E-state index contributed by atoms with van der Waals surface area (Å²) in [4.78, 5) is 14.4. The summed E-state index contributed by atoms with van der Waals surface area (Å²) >= 11 is 9.25. The van der Waals surface area contributed by atoms with Crippen molar-refractivity contribution in [2.24, 2.45) is 5.84 Å². The van der Waals surface area contributed by atoms with Gasteiger partial charge in [-0.05, 0) is 34.1 Å². The molecule has 0 fully saturated rings. The molecule has 0 radical (unpaired) electrons. The SMILES string of the molecule is NNc1cc([N+](=O)[O-])cc(Nc2cc(Cl)ccc2Br)n1. The zero-order valence-corrected chi connectivity index (χ0v) is 12.3. The van der Waals surface area contributed by atoms with Crippen LogP contribution in [-0.4, -0.2) is 9.91 Å². The Morgan fingerprint density at radius 3 is 2.65 bits per heavy atom. The van der Waals surface area contributed by atoms with Crippen molar-refractivity contribution in [2.45, 2.75) is 0 Å². The lowest BCUT2D eigenvalue weighted by atomic mass is 10.3. The number of hydrogen-bond donors (Lipinski definition) is 3. The van der Waals surface area contributed by atoms with Crippen LogP contribution in [0.15, 0.2) is 34.8 Å². The Balaban J connectivity index is 2.39. The van der Waals surface area contributed by atoms with Gasteiger partial charge >= 0.3 is 0 Å². The Morgan fingerprint density at radius 2 is 2.00 bits per heavy atom. The van der Waals surface area contributed by atoms with E-state index in [0.29, 0.717) is 10.7 Å². The van der Waals surface area contributed by atoms with Gasteiger partial charge in [-0.25, -0.2) is 10.8 Å². The highest BCUT2D eigenvalue weighted by molar-refractivity contribution is 9.10. The van der Waals surface area contributed by atoms with Crippen molar-refractivity contribution in [3.05, 3.63) is 49.9 Å². The Kier molecular flexibility index (Phi) is 4.38. The summed E-state index contributed by atoms with van der Waals surface area (Å²) < 4.78 is 0.748. The number of nitrogens with zero attached hydrogens (tertiary/aromatic N) is 2. The van der Waals surface area contributed by atoms with E-state index >= 15 is 0 Å². The van der Waals surface area contributed by atoms with Crippen molar-refractivity contribution >= 4 is 50.5 Å². The molecule has 7 nitrogen and oxygen atoms in total. The summed E-state index contributed by atoms with van der Waals surface area (Å²) in [6, 6.07) is 7.67. The molecule has 0 atom stereocenters. The molecule has 1 heterocycles. The predicted octanol–water partition coefficient (Wildman–Crippen LogP) is 3.43. The van der Waals surface area contributed by atoms with Crippen molar-refractivity contribution in [3.63, 3.8) is 0 Å². The number of nitrogens with one attached hydrogen (secondary N) is 2. The van der Waals surface area contributed by atoms with Crippen LogP contribution in [0.3, 0.4) is 0 Å². The second-order valence-corrected chi connectivity index (χ2v) is 5.04. The van der Waals surface area contributed by atoms with Crippen LogP contribution in [0.5, 0.6) is 0 Å². The first-order chi connectivity index (χ1) is 9.49. The highest BCUT2D eigenvalue weighted by Gasteiger charge is 2.12. The number of nitrogen functional groups attached to an aromatic ring is 1. The van der Waals surface area contributed by atoms with Crippen LogP contribution < -0.4 is 16.6 Å². The van der Waals surface area contributed by atoms with Crippen molar-refractivity contribution in [3.8, 4) is 0 Å². The van der Waals surface area contributed by atoms with Crippen molar-refractivity contribution in [1.29, 1.82) is 0 Å². The Bertz CT molecular complexity index is 667. The maximum absolute atomic E-state index is 10.8. The van der Waals surface area contributed by atoms with Crippen molar-refractivity contribution in [1.82, 2.24) is 4.98 Å². The molecule has 0 aliphatic carbocycles. The van der Waals surface area contributed by atoms with E-state index in [-0.39, 0.29) is 17.3 Å². The van der Waals surface area contributed by atoms with Crippen LogP contribution in [0, 0.1) is 10.1 Å². The van der Waals surface area contributed by atoms with Crippen LogP contribution >= 0.6 is 27.5 Å². The van der Waals surface area contributed by atoms with Gasteiger partial charge in [0.15, 0.2) is 0 Å². The van der Waals surface area contributed by atoms with Gasteiger partial charge in [0, 0.05) is 9.50 Å². The van der Waals surface area contributed by atoms with E-state index < -0.39 is 4.92 Å². The third-order valence-corrected chi connectivity index (χ3v) is 3.29. The molecule has 9 heteroatoms. The number of nitrogens with two attached hydrogens (primary N) is 1. The highest BCUT2D eigenvalue weighted by Crippen LogP contribution is 2.30. The molecule has 0 amide bonds. The molecule has 0 saturated heterocycles. The molecule has 0 unspecified atom stereocenters. The lowest BCUT2D eigenvalue weighted by Crippen LogP contribution is -2.10. The number of anilines is 3. The van der Waals surface area contributed by atoms with Crippen LogP contribution in [0.4, 0.5) is 23.0 Å². The molecule has 1 aromatic heterocycles. The average Bonchev–Trinajstić information content (AvgIpc) is 2.42. The summed E-state index contributed by atoms with van der Waals surface area (Å²) in [6.07, 6.45) is 0. The number of rotatable bonds is 4. The van der Waals surface area contributed by atoms with E-state index in [1.807, 2.05) is 0 Å². The number of hydrazine groups is 1. The molecule has 2 aromatic rings. The summed E-state index contributed by atoms with van der Waals surface area (Å²) in [6.45, 7) is 0.